The SMILES string of the molecule is CCCCCCCCCCC/C=C/CCCCCCCC[N+](C(CC)C(=O)[O-])(C(CC)C(=O)O)C(CC)C(=O)O. The van der Waals surface area contributed by atoms with E-state index in [4.69, 9.17) is 0 Å². The summed E-state index contributed by atoms with van der Waals surface area (Å²) in [5, 5.41) is 32.1. The second-order valence-electron chi connectivity index (χ2n) is 11.5. The molecule has 3 unspecified atom stereocenters. The average molecular weight is 568 g/mol. The van der Waals surface area contributed by atoms with E-state index in [0.29, 0.717) is 6.42 Å². The number of allylic oxidation sites excluding steroid dienone is 2. The molecule has 0 aromatic heterocycles. The minimum absolute atomic E-state index is 0.128. The predicted molar refractivity (Wildman–Crippen MR) is 161 cm³/mol. The van der Waals surface area contributed by atoms with Crippen molar-refractivity contribution in [3.63, 3.8) is 0 Å². The lowest BCUT2D eigenvalue weighted by atomic mass is 9.93. The second-order valence-corrected chi connectivity index (χ2v) is 11.5. The maximum atomic E-state index is 12.2. The summed E-state index contributed by atoms with van der Waals surface area (Å²) in [5.41, 5.74) is 0. The van der Waals surface area contributed by atoms with Crippen molar-refractivity contribution in [2.24, 2.45) is 0 Å². The molecular weight excluding hydrogens is 506 g/mol. The van der Waals surface area contributed by atoms with Crippen molar-refractivity contribution in [3.8, 4) is 0 Å². The van der Waals surface area contributed by atoms with E-state index in [1.54, 1.807) is 20.8 Å². The fourth-order valence-electron chi connectivity index (χ4n) is 6.43. The number of unbranched alkanes of at least 4 members (excludes halogenated alkanes) is 15. The van der Waals surface area contributed by atoms with Gasteiger partial charge in [0.25, 0.3) is 0 Å². The van der Waals surface area contributed by atoms with Gasteiger partial charge in [-0.15, -0.1) is 0 Å². The van der Waals surface area contributed by atoms with Crippen molar-refractivity contribution in [2.75, 3.05) is 6.54 Å². The molecule has 7 nitrogen and oxygen atoms in total. The van der Waals surface area contributed by atoms with Crippen molar-refractivity contribution < 1.29 is 34.2 Å². The van der Waals surface area contributed by atoms with Crippen LogP contribution in [0.3, 0.4) is 0 Å². The number of carbonyl (C=O) groups excluding carboxylic acids is 1. The number of carboxylic acid groups (broad SMARTS) is 3. The van der Waals surface area contributed by atoms with Crippen LogP contribution in [0.25, 0.3) is 0 Å². The molecule has 0 aliphatic carbocycles. The summed E-state index contributed by atoms with van der Waals surface area (Å²) in [4.78, 5) is 36.6. The maximum absolute atomic E-state index is 12.2. The van der Waals surface area contributed by atoms with E-state index < -0.39 is 40.5 Å². The van der Waals surface area contributed by atoms with Gasteiger partial charge in [0.2, 0.25) is 0 Å². The molecule has 0 heterocycles. The van der Waals surface area contributed by atoms with Crippen molar-refractivity contribution in [3.05, 3.63) is 12.2 Å². The van der Waals surface area contributed by atoms with E-state index in [9.17, 15) is 29.7 Å². The highest BCUT2D eigenvalue weighted by Crippen LogP contribution is 2.32. The van der Waals surface area contributed by atoms with Gasteiger partial charge in [0, 0.05) is 19.3 Å². The van der Waals surface area contributed by atoms with E-state index >= 15 is 0 Å². The van der Waals surface area contributed by atoms with Crippen LogP contribution in [-0.2, 0) is 14.4 Å². The number of quaternary nitrogens is 1. The zero-order valence-corrected chi connectivity index (χ0v) is 26.2. The number of carboxylic acids is 3. The molecular formula is C33H61NO6. The van der Waals surface area contributed by atoms with E-state index in [1.165, 1.54) is 64.2 Å². The molecule has 40 heavy (non-hydrogen) atoms. The summed E-state index contributed by atoms with van der Waals surface area (Å²) in [5.74, 6) is -3.66. The number of nitrogens with zero attached hydrogens (tertiary/aromatic N) is 1. The van der Waals surface area contributed by atoms with Gasteiger partial charge in [-0.3, -0.25) is 4.48 Å². The van der Waals surface area contributed by atoms with Gasteiger partial charge in [-0.25, -0.2) is 9.59 Å². The molecule has 7 heteroatoms. The van der Waals surface area contributed by atoms with Gasteiger partial charge in [0.1, 0.15) is 6.04 Å². The number of hydrogen-bond donors (Lipinski definition) is 2. The van der Waals surface area contributed by atoms with E-state index in [-0.39, 0.29) is 25.8 Å². The zero-order chi connectivity index (χ0) is 30.2. The lowest BCUT2D eigenvalue weighted by molar-refractivity contribution is -0.974. The van der Waals surface area contributed by atoms with Crippen LogP contribution < -0.4 is 5.11 Å². The summed E-state index contributed by atoms with van der Waals surface area (Å²) >= 11 is 0. The first kappa shape index (κ1) is 38.1. The van der Waals surface area contributed by atoms with Crippen LogP contribution in [-0.4, -0.2) is 57.3 Å². The number of aliphatic carboxylic acids is 3. The third-order valence-corrected chi connectivity index (χ3v) is 8.55. The Bertz CT molecular complexity index is 652. The van der Waals surface area contributed by atoms with E-state index in [0.717, 1.165) is 38.5 Å². The summed E-state index contributed by atoms with van der Waals surface area (Å²) in [6.45, 7) is 7.51. The van der Waals surface area contributed by atoms with E-state index in [2.05, 4.69) is 19.1 Å². The fraction of sp³-hybridized carbons (Fsp3) is 0.848. The molecule has 2 N–H and O–H groups in total. The molecule has 0 amide bonds. The number of carbonyl (C=O) groups is 3. The first-order valence-corrected chi connectivity index (χ1v) is 16.4. The summed E-state index contributed by atoms with van der Waals surface area (Å²) in [7, 11) is 0. The van der Waals surface area contributed by atoms with Gasteiger partial charge in [-0.1, -0.05) is 110 Å². The smallest absolute Gasteiger partial charge is 0.362 e. The quantitative estimate of drug-likeness (QED) is 0.0584. The normalized spacial score (nSPS) is 15.5. The van der Waals surface area contributed by atoms with Gasteiger partial charge in [-0.05, 0) is 38.5 Å². The highest BCUT2D eigenvalue weighted by molar-refractivity contribution is 5.77. The predicted octanol–water partition coefficient (Wildman–Crippen LogP) is 7.27. The second kappa shape index (κ2) is 23.8. The lowest BCUT2D eigenvalue weighted by Gasteiger charge is -2.51. The Morgan fingerprint density at radius 3 is 1.25 bits per heavy atom. The molecule has 234 valence electrons. The Kier molecular flexibility index (Phi) is 22.7. The molecule has 0 rings (SSSR count). The molecule has 0 fully saturated rings. The molecule has 0 spiro atoms. The Morgan fingerprint density at radius 2 is 0.925 bits per heavy atom. The van der Waals surface area contributed by atoms with Crippen LogP contribution in [0.2, 0.25) is 0 Å². The summed E-state index contributed by atoms with van der Waals surface area (Å²) in [6.07, 6.45) is 25.3. The van der Waals surface area contributed by atoms with Gasteiger partial charge in [0.15, 0.2) is 12.1 Å². The molecule has 0 aliphatic heterocycles. The van der Waals surface area contributed by atoms with Gasteiger partial charge < -0.3 is 20.1 Å². The van der Waals surface area contributed by atoms with Crippen LogP contribution in [0, 0.1) is 0 Å². The van der Waals surface area contributed by atoms with E-state index in [1.807, 2.05) is 0 Å². The molecule has 0 saturated carbocycles. The van der Waals surface area contributed by atoms with Crippen molar-refractivity contribution >= 4 is 17.9 Å². The third-order valence-electron chi connectivity index (χ3n) is 8.55. The Morgan fingerprint density at radius 1 is 0.575 bits per heavy atom. The summed E-state index contributed by atoms with van der Waals surface area (Å²) in [6, 6.07) is -3.39. The molecule has 0 bridgehead atoms. The van der Waals surface area contributed by atoms with Crippen LogP contribution in [0.4, 0.5) is 0 Å². The first-order valence-electron chi connectivity index (χ1n) is 16.4. The molecule has 0 aromatic carbocycles. The Balaban J connectivity index is 4.54. The highest BCUT2D eigenvalue weighted by Gasteiger charge is 2.53. The first-order chi connectivity index (χ1) is 19.2. The molecule has 0 aliphatic rings. The van der Waals surface area contributed by atoms with Crippen LogP contribution in [0.1, 0.15) is 156 Å². The fourth-order valence-corrected chi connectivity index (χ4v) is 6.43. The molecule has 0 radical (unpaired) electrons. The minimum Gasteiger partial charge on any atom is -0.544 e. The molecule has 0 saturated heterocycles. The van der Waals surface area contributed by atoms with Gasteiger partial charge >= 0.3 is 11.9 Å². The molecule has 3 atom stereocenters. The molecule has 0 aromatic rings. The summed E-state index contributed by atoms with van der Waals surface area (Å²) < 4.78 is -0.472. The Labute approximate surface area is 245 Å². The number of hydrogen-bond acceptors (Lipinski definition) is 4. The van der Waals surface area contributed by atoms with Crippen molar-refractivity contribution in [1.29, 1.82) is 0 Å². The maximum Gasteiger partial charge on any atom is 0.362 e. The lowest BCUT2D eigenvalue weighted by Crippen LogP contribution is -2.73. The van der Waals surface area contributed by atoms with Crippen LogP contribution in [0.15, 0.2) is 12.2 Å². The van der Waals surface area contributed by atoms with Gasteiger partial charge in [-0.2, -0.15) is 0 Å². The zero-order valence-electron chi connectivity index (χ0n) is 26.2. The standard InChI is InChI=1S/C33H61NO6/c1-5-9-10-11-12-13-14-15-16-17-18-19-20-21-22-23-24-25-26-27-34(28(6-2)31(35)36,29(7-3)32(37)38)30(8-4)33(39)40/h18-19,28-30H,5-17,20-27H2,1-4H3,(H2-,35,36,37,38,39,40)/b19-18+. The largest absolute Gasteiger partial charge is 0.544 e. The minimum atomic E-state index is -1.37. The number of rotatable bonds is 28. The van der Waals surface area contributed by atoms with Gasteiger partial charge in [0.05, 0.1) is 12.5 Å². The van der Waals surface area contributed by atoms with Crippen LogP contribution >= 0.6 is 0 Å². The van der Waals surface area contributed by atoms with Crippen LogP contribution in [0.5, 0.6) is 0 Å². The highest BCUT2D eigenvalue weighted by atomic mass is 16.4. The third kappa shape index (κ3) is 14.1. The monoisotopic (exact) mass is 567 g/mol. The topological polar surface area (TPSA) is 115 Å². The Hall–Kier alpha value is -1.89. The van der Waals surface area contributed by atoms with Crippen molar-refractivity contribution in [2.45, 2.75) is 174 Å². The average Bonchev–Trinajstić information content (AvgIpc) is 2.90. The van der Waals surface area contributed by atoms with Crippen molar-refractivity contribution in [1.82, 2.24) is 0 Å².